The molecule has 0 bridgehead atoms. The number of hydrogen-bond acceptors (Lipinski definition) is 6. The molecule has 0 aromatic heterocycles. The van der Waals surface area contributed by atoms with Crippen LogP contribution in [0.4, 0.5) is 0 Å². The quantitative estimate of drug-likeness (QED) is 0.236. The van der Waals surface area contributed by atoms with Crippen LogP contribution in [-0.4, -0.2) is 55.5 Å². The number of phenols is 1. The minimum absolute atomic E-state index is 0.0599. The molecular weight excluding hydrogens is 496 g/mol. The number of amides is 1. The van der Waals surface area contributed by atoms with Crippen molar-refractivity contribution in [1.82, 2.24) is 4.90 Å². The fourth-order valence-corrected chi connectivity index (χ4v) is 4.63. The zero-order valence-corrected chi connectivity index (χ0v) is 22.7. The molecule has 3 aromatic rings. The number of ketones is 1. The maximum Gasteiger partial charge on any atom is 0.295 e. The molecule has 1 fully saturated rings. The molecule has 3 aromatic carbocycles. The van der Waals surface area contributed by atoms with E-state index in [-0.39, 0.29) is 23.6 Å². The molecule has 1 atom stereocenters. The number of carbonyl (C=O) groups is 2. The number of hydrogen-bond donors (Lipinski definition) is 2. The van der Waals surface area contributed by atoms with Gasteiger partial charge in [-0.3, -0.25) is 9.59 Å². The number of Topliss-reactive ketones (excluding diaryl/α,β-unsaturated/α-hetero) is 1. The first-order valence-electron chi connectivity index (χ1n) is 13.0. The molecule has 8 nitrogen and oxygen atoms in total. The van der Waals surface area contributed by atoms with Gasteiger partial charge in [-0.25, -0.2) is 0 Å². The highest BCUT2D eigenvalue weighted by molar-refractivity contribution is 6.46. The molecule has 1 heterocycles. The van der Waals surface area contributed by atoms with Crippen molar-refractivity contribution in [2.24, 2.45) is 0 Å². The molecule has 1 aliphatic rings. The normalized spacial score (nSPS) is 16.6. The number of quaternary nitrogens is 1. The van der Waals surface area contributed by atoms with Crippen molar-refractivity contribution < 1.29 is 34.2 Å². The molecule has 39 heavy (non-hydrogen) atoms. The van der Waals surface area contributed by atoms with Gasteiger partial charge in [0.05, 0.1) is 39.8 Å². The Kier molecular flexibility index (Phi) is 8.56. The van der Waals surface area contributed by atoms with Gasteiger partial charge in [-0.2, -0.15) is 0 Å². The minimum atomic E-state index is -0.898. The van der Waals surface area contributed by atoms with Crippen LogP contribution in [0.25, 0.3) is 5.76 Å². The Morgan fingerprint density at radius 2 is 1.77 bits per heavy atom. The maximum absolute atomic E-state index is 13.9. The van der Waals surface area contributed by atoms with Crippen molar-refractivity contribution in [2.45, 2.75) is 26.5 Å². The third kappa shape index (κ3) is 6.07. The van der Waals surface area contributed by atoms with Gasteiger partial charge >= 0.3 is 0 Å². The fraction of sp³-hybridized carbons (Fsp3) is 0.290. The number of likely N-dealkylation sites (N-methyl/N-ethyl adjacent to an activating group) is 1. The van der Waals surface area contributed by atoms with Crippen LogP contribution in [0.5, 0.6) is 17.2 Å². The third-order valence-corrected chi connectivity index (χ3v) is 6.67. The molecule has 0 saturated carbocycles. The molecular formula is C31H34N2O6. The largest absolute Gasteiger partial charge is 0.872 e. The van der Waals surface area contributed by atoms with Crippen LogP contribution in [0.1, 0.15) is 35.2 Å². The number of ether oxygens (including phenoxy) is 2. The minimum Gasteiger partial charge on any atom is -0.872 e. The van der Waals surface area contributed by atoms with Crippen molar-refractivity contribution in [2.75, 3.05) is 33.8 Å². The van der Waals surface area contributed by atoms with Crippen LogP contribution in [0, 0.1) is 6.92 Å². The number of nitrogens with one attached hydrogen (secondary N) is 1. The van der Waals surface area contributed by atoms with E-state index in [1.54, 1.807) is 44.2 Å². The van der Waals surface area contributed by atoms with Crippen LogP contribution in [0.15, 0.2) is 72.3 Å². The lowest BCUT2D eigenvalue weighted by Gasteiger charge is -2.28. The van der Waals surface area contributed by atoms with Crippen molar-refractivity contribution >= 4 is 17.4 Å². The first-order chi connectivity index (χ1) is 18.7. The lowest BCUT2D eigenvalue weighted by molar-refractivity contribution is -0.857. The van der Waals surface area contributed by atoms with Gasteiger partial charge in [-0.1, -0.05) is 48.2 Å². The number of nitrogens with zero attached hydrogens (tertiary/aromatic N) is 1. The van der Waals surface area contributed by atoms with Gasteiger partial charge in [-0.15, -0.1) is 0 Å². The molecule has 204 valence electrons. The van der Waals surface area contributed by atoms with Crippen molar-refractivity contribution in [3.63, 3.8) is 0 Å². The summed E-state index contributed by atoms with van der Waals surface area (Å²) in [4.78, 5) is 29.0. The highest BCUT2D eigenvalue weighted by Crippen LogP contribution is 2.41. The van der Waals surface area contributed by atoms with E-state index >= 15 is 0 Å². The van der Waals surface area contributed by atoms with E-state index in [1.807, 2.05) is 44.4 Å². The highest BCUT2D eigenvalue weighted by atomic mass is 16.5. The molecule has 1 amide bonds. The number of aryl methyl sites for hydroxylation is 1. The summed E-state index contributed by atoms with van der Waals surface area (Å²) in [7, 11) is 3.90. The van der Waals surface area contributed by atoms with Crippen molar-refractivity contribution in [3.05, 3.63) is 94.6 Å². The Bertz CT molecular complexity index is 1380. The predicted molar refractivity (Wildman–Crippen MR) is 145 cm³/mol. The standard InChI is InChI=1S/C31H34N2O6/c1-5-38-26-18-22(11-14-25(26)34)28-27(30(36)31(37)33(28)16-15-32(3)4)29(35)24-13-12-23(17-20(24)2)39-19-21-9-7-6-8-10-21/h6-14,17-18,28,34-35H,5,15-16,19H2,1-4H3/b29-27+. The highest BCUT2D eigenvalue weighted by Gasteiger charge is 2.44. The van der Waals surface area contributed by atoms with E-state index in [0.717, 1.165) is 10.5 Å². The molecule has 2 N–H and O–H groups in total. The van der Waals surface area contributed by atoms with E-state index < -0.39 is 23.5 Å². The third-order valence-electron chi connectivity index (χ3n) is 6.67. The maximum atomic E-state index is 13.9. The second-order valence-corrected chi connectivity index (χ2v) is 9.84. The van der Waals surface area contributed by atoms with Crippen LogP contribution in [0.2, 0.25) is 0 Å². The van der Waals surface area contributed by atoms with E-state index in [9.17, 15) is 19.8 Å². The number of benzene rings is 3. The average molecular weight is 531 g/mol. The van der Waals surface area contributed by atoms with E-state index in [0.29, 0.717) is 42.2 Å². The number of phenolic OH excluding ortho intramolecular Hbond substituents is 1. The molecule has 4 rings (SSSR count). The van der Waals surface area contributed by atoms with Gasteiger partial charge in [0.25, 0.3) is 5.91 Å². The molecule has 1 saturated heterocycles. The molecule has 0 aliphatic carbocycles. The summed E-state index contributed by atoms with van der Waals surface area (Å²) >= 11 is 0. The summed E-state index contributed by atoms with van der Waals surface area (Å²) in [6.45, 7) is 5.13. The number of aromatic hydroxyl groups is 1. The van der Waals surface area contributed by atoms with Crippen LogP contribution >= 0.6 is 0 Å². The van der Waals surface area contributed by atoms with E-state index in [2.05, 4.69) is 0 Å². The summed E-state index contributed by atoms with van der Waals surface area (Å²) in [6.07, 6.45) is 0. The predicted octanol–water partition coefficient (Wildman–Crippen LogP) is 2.05. The van der Waals surface area contributed by atoms with Gasteiger partial charge in [0.15, 0.2) is 11.5 Å². The number of carbonyl (C=O) groups excluding carboxylic acids is 2. The van der Waals surface area contributed by atoms with Gasteiger partial charge in [0.1, 0.15) is 12.4 Å². The first kappa shape index (κ1) is 27.7. The van der Waals surface area contributed by atoms with Gasteiger partial charge < -0.3 is 29.5 Å². The van der Waals surface area contributed by atoms with Crippen molar-refractivity contribution in [1.29, 1.82) is 0 Å². The molecule has 0 spiro atoms. The monoisotopic (exact) mass is 530 g/mol. The topological polar surface area (TPSA) is 104 Å². The van der Waals surface area contributed by atoms with Crippen LogP contribution in [-0.2, 0) is 16.2 Å². The van der Waals surface area contributed by atoms with Crippen LogP contribution < -0.4 is 19.5 Å². The summed E-state index contributed by atoms with van der Waals surface area (Å²) < 4.78 is 11.4. The molecule has 1 aliphatic heterocycles. The lowest BCUT2D eigenvalue weighted by Crippen LogP contribution is -3.06. The van der Waals surface area contributed by atoms with E-state index in [1.165, 1.54) is 11.0 Å². The Hall–Kier alpha value is -4.30. The van der Waals surface area contributed by atoms with Gasteiger partial charge in [-0.05, 0) is 60.4 Å². The smallest absolute Gasteiger partial charge is 0.295 e. The summed E-state index contributed by atoms with van der Waals surface area (Å²) in [6, 6.07) is 18.6. The second kappa shape index (κ2) is 12.0. The zero-order chi connectivity index (χ0) is 28.1. The number of likely N-dealkylation sites (tertiary alicyclic amines) is 1. The molecule has 8 heteroatoms. The van der Waals surface area contributed by atoms with Gasteiger partial charge in [0, 0.05) is 5.57 Å². The Balaban J connectivity index is 1.74. The SMILES string of the molecule is CCOc1cc(C2/C(=C(\[O-])c3ccc(OCc4ccccc4)cc3C)C(=O)C(=O)N2CC[NH+](C)C)ccc1O. The van der Waals surface area contributed by atoms with Gasteiger partial charge in [0.2, 0.25) is 5.78 Å². The Labute approximate surface area is 228 Å². The molecule has 1 unspecified atom stereocenters. The first-order valence-corrected chi connectivity index (χ1v) is 13.0. The fourth-order valence-electron chi connectivity index (χ4n) is 4.63. The Morgan fingerprint density at radius 3 is 2.44 bits per heavy atom. The van der Waals surface area contributed by atoms with Crippen LogP contribution in [0.3, 0.4) is 0 Å². The number of rotatable bonds is 10. The second-order valence-electron chi connectivity index (χ2n) is 9.84. The summed E-state index contributed by atoms with van der Waals surface area (Å²) in [5, 5.41) is 24.1. The summed E-state index contributed by atoms with van der Waals surface area (Å²) in [5.41, 5.74) is 2.39. The van der Waals surface area contributed by atoms with E-state index in [4.69, 9.17) is 9.47 Å². The summed E-state index contributed by atoms with van der Waals surface area (Å²) in [5.74, 6) is -1.27. The Morgan fingerprint density at radius 1 is 1.03 bits per heavy atom. The average Bonchev–Trinajstić information content (AvgIpc) is 3.17. The van der Waals surface area contributed by atoms with Crippen molar-refractivity contribution in [3.8, 4) is 17.2 Å². The lowest BCUT2D eigenvalue weighted by atomic mass is 9.93. The zero-order valence-electron chi connectivity index (χ0n) is 22.7. The molecule has 0 radical (unpaired) electrons.